The molecule has 2 amide bonds. The number of carbonyl (C=O) groups excluding carboxylic acids is 2. The van der Waals surface area contributed by atoms with Crippen LogP contribution in [0.1, 0.15) is 34.1 Å². The number of benzene rings is 1. The average molecular weight is 515 g/mol. The van der Waals surface area contributed by atoms with Gasteiger partial charge in [0, 0.05) is 50.6 Å². The van der Waals surface area contributed by atoms with Crippen molar-refractivity contribution >= 4 is 29.1 Å². The summed E-state index contributed by atoms with van der Waals surface area (Å²) in [6, 6.07) is 6.45. The van der Waals surface area contributed by atoms with Crippen molar-refractivity contribution in [2.45, 2.75) is 45.8 Å². The molecule has 3 heterocycles. The first-order valence-corrected chi connectivity index (χ1v) is 12.4. The molecule has 2 aliphatic rings. The van der Waals surface area contributed by atoms with Crippen LogP contribution in [0.15, 0.2) is 24.3 Å². The Hall–Kier alpha value is -3.76. The maximum atomic E-state index is 15.2. The lowest BCUT2D eigenvalue weighted by molar-refractivity contribution is -0.119. The van der Waals surface area contributed by atoms with Crippen molar-refractivity contribution in [2.75, 3.05) is 49.1 Å². The second kappa shape index (κ2) is 10.3. The van der Waals surface area contributed by atoms with Gasteiger partial charge in [0.05, 0.1) is 17.1 Å². The Morgan fingerprint density at radius 2 is 1.89 bits per heavy atom. The van der Waals surface area contributed by atoms with Crippen LogP contribution in [0.5, 0.6) is 5.88 Å². The van der Waals surface area contributed by atoms with Crippen LogP contribution in [0.25, 0.3) is 11.3 Å². The third-order valence-electron chi connectivity index (χ3n) is 6.54. The summed E-state index contributed by atoms with van der Waals surface area (Å²) in [4.78, 5) is 31.9. The number of amides is 2. The fourth-order valence-corrected chi connectivity index (χ4v) is 4.40. The van der Waals surface area contributed by atoms with Crippen LogP contribution in [-0.4, -0.2) is 66.3 Å². The van der Waals surface area contributed by atoms with Gasteiger partial charge in [0.2, 0.25) is 11.8 Å². The SMILES string of the molecule is C[C@@H](Oc1nc(-c2ccc(N3CCN(C(=O)OC(C)(C)C)CC3)c(F)c2)cc(N)c1N)[C@H]1CNC(=O)C1. The maximum absolute atomic E-state index is 15.2. The number of hydrogen-bond donors (Lipinski definition) is 3. The number of nitrogens with one attached hydrogen (secondary N) is 1. The highest BCUT2D eigenvalue weighted by Crippen LogP contribution is 2.34. The van der Waals surface area contributed by atoms with E-state index in [0.29, 0.717) is 56.1 Å². The van der Waals surface area contributed by atoms with Gasteiger partial charge in [-0.15, -0.1) is 0 Å². The standard InChI is InChI=1S/C26H35FN6O4/c1-15(17-12-22(34)30-14-17)36-24-23(29)19(28)13-20(31-24)16-5-6-21(18(27)11-16)32-7-9-33(10-8-32)25(35)37-26(2,3)4/h5-6,11,13,15,17H,7-10,12,14,29H2,1-4H3,(H2,28,31)(H,30,34)/t15-,17-/m1/s1. The first-order valence-electron chi connectivity index (χ1n) is 12.4. The summed E-state index contributed by atoms with van der Waals surface area (Å²) in [7, 11) is 0. The Morgan fingerprint density at radius 3 is 2.49 bits per heavy atom. The van der Waals surface area contributed by atoms with E-state index in [9.17, 15) is 9.59 Å². The van der Waals surface area contributed by atoms with Crippen molar-refractivity contribution in [2.24, 2.45) is 5.92 Å². The van der Waals surface area contributed by atoms with Crippen molar-refractivity contribution < 1.29 is 23.5 Å². The Morgan fingerprint density at radius 1 is 1.19 bits per heavy atom. The number of nitrogens with two attached hydrogens (primary N) is 2. The number of anilines is 3. The minimum atomic E-state index is -0.564. The number of pyridine rings is 1. The molecule has 5 N–H and O–H groups in total. The molecule has 1 aromatic heterocycles. The van der Waals surface area contributed by atoms with Crippen molar-refractivity contribution in [3.05, 3.63) is 30.1 Å². The first kappa shape index (κ1) is 26.3. The smallest absolute Gasteiger partial charge is 0.410 e. The molecule has 2 fully saturated rings. The molecular weight excluding hydrogens is 479 g/mol. The molecule has 11 heteroatoms. The summed E-state index contributed by atoms with van der Waals surface area (Å²) in [5.74, 6) is -0.279. The number of carbonyl (C=O) groups is 2. The first-order chi connectivity index (χ1) is 17.4. The number of piperazine rings is 1. The van der Waals surface area contributed by atoms with Crippen molar-refractivity contribution in [3.63, 3.8) is 0 Å². The highest BCUT2D eigenvalue weighted by Gasteiger charge is 2.29. The monoisotopic (exact) mass is 514 g/mol. The normalized spacial score (nSPS) is 18.9. The molecule has 1 aromatic carbocycles. The second-order valence-electron chi connectivity index (χ2n) is 10.5. The minimum Gasteiger partial charge on any atom is -0.473 e. The summed E-state index contributed by atoms with van der Waals surface area (Å²) in [5.41, 5.74) is 13.5. The van der Waals surface area contributed by atoms with Gasteiger partial charge in [-0.1, -0.05) is 6.07 Å². The number of aromatic nitrogens is 1. The molecule has 0 spiro atoms. The quantitative estimate of drug-likeness (QED) is 0.554. The Labute approximate surface area is 216 Å². The molecule has 0 bridgehead atoms. The maximum Gasteiger partial charge on any atom is 0.410 e. The fourth-order valence-electron chi connectivity index (χ4n) is 4.40. The molecule has 2 aliphatic heterocycles. The number of ether oxygens (including phenoxy) is 2. The third-order valence-corrected chi connectivity index (χ3v) is 6.54. The molecule has 37 heavy (non-hydrogen) atoms. The zero-order valence-electron chi connectivity index (χ0n) is 21.7. The summed E-state index contributed by atoms with van der Waals surface area (Å²) in [6.45, 7) is 9.69. The Balaban J connectivity index is 1.46. The van der Waals surface area contributed by atoms with Gasteiger partial charge < -0.3 is 36.1 Å². The van der Waals surface area contributed by atoms with Gasteiger partial charge in [-0.3, -0.25) is 4.79 Å². The van der Waals surface area contributed by atoms with Gasteiger partial charge in [0.1, 0.15) is 23.2 Å². The van der Waals surface area contributed by atoms with Gasteiger partial charge in [0.25, 0.3) is 0 Å². The van der Waals surface area contributed by atoms with E-state index in [0.717, 1.165) is 0 Å². The zero-order valence-corrected chi connectivity index (χ0v) is 21.7. The van der Waals surface area contributed by atoms with E-state index in [1.165, 1.54) is 6.07 Å². The number of hydrogen-bond acceptors (Lipinski definition) is 8. The summed E-state index contributed by atoms with van der Waals surface area (Å²) in [6.07, 6.45) is -0.311. The summed E-state index contributed by atoms with van der Waals surface area (Å²) >= 11 is 0. The van der Waals surface area contributed by atoms with E-state index in [4.69, 9.17) is 20.9 Å². The molecule has 200 valence electrons. The van der Waals surface area contributed by atoms with Gasteiger partial charge in [-0.05, 0) is 45.9 Å². The summed E-state index contributed by atoms with van der Waals surface area (Å²) in [5, 5.41) is 2.79. The Kier molecular flexibility index (Phi) is 7.33. The number of rotatable bonds is 5. The second-order valence-corrected chi connectivity index (χ2v) is 10.5. The molecule has 2 saturated heterocycles. The largest absolute Gasteiger partial charge is 0.473 e. The number of nitrogen functional groups attached to an aromatic ring is 2. The molecule has 0 radical (unpaired) electrons. The van der Waals surface area contributed by atoms with Crippen LogP contribution in [-0.2, 0) is 9.53 Å². The van der Waals surface area contributed by atoms with Crippen molar-refractivity contribution in [3.8, 4) is 17.1 Å². The van der Waals surface area contributed by atoms with Crippen LogP contribution in [0.3, 0.4) is 0 Å². The lowest BCUT2D eigenvalue weighted by Gasteiger charge is -2.36. The lowest BCUT2D eigenvalue weighted by atomic mass is 10.0. The molecule has 0 aliphatic carbocycles. The lowest BCUT2D eigenvalue weighted by Crippen LogP contribution is -2.50. The average Bonchev–Trinajstić information content (AvgIpc) is 3.27. The van der Waals surface area contributed by atoms with Crippen molar-refractivity contribution in [1.82, 2.24) is 15.2 Å². The van der Waals surface area contributed by atoms with Crippen LogP contribution < -0.4 is 26.4 Å². The van der Waals surface area contributed by atoms with E-state index >= 15 is 4.39 Å². The summed E-state index contributed by atoms with van der Waals surface area (Å²) < 4.78 is 26.6. The number of nitrogens with zero attached hydrogens (tertiary/aromatic N) is 3. The van der Waals surface area contributed by atoms with Gasteiger partial charge >= 0.3 is 6.09 Å². The van der Waals surface area contributed by atoms with Gasteiger partial charge in [0.15, 0.2) is 0 Å². The molecule has 0 unspecified atom stereocenters. The minimum absolute atomic E-state index is 0.00825. The highest BCUT2D eigenvalue weighted by molar-refractivity contribution is 5.78. The van der Waals surface area contributed by atoms with E-state index in [-0.39, 0.29) is 41.3 Å². The van der Waals surface area contributed by atoms with Crippen molar-refractivity contribution in [1.29, 1.82) is 0 Å². The molecule has 2 atom stereocenters. The molecule has 2 aromatic rings. The van der Waals surface area contributed by atoms with E-state index in [1.807, 2.05) is 32.6 Å². The fraction of sp³-hybridized carbons (Fsp3) is 0.500. The molecular formula is C26H35FN6O4. The zero-order chi connectivity index (χ0) is 26.9. The van der Waals surface area contributed by atoms with Gasteiger partial charge in [-0.25, -0.2) is 14.2 Å². The van der Waals surface area contributed by atoms with Gasteiger partial charge in [-0.2, -0.15) is 0 Å². The van der Waals surface area contributed by atoms with Crippen LogP contribution in [0.4, 0.5) is 26.2 Å². The van der Waals surface area contributed by atoms with E-state index < -0.39 is 11.4 Å². The predicted octanol–water partition coefficient (Wildman–Crippen LogP) is 3.01. The Bertz CT molecular complexity index is 1180. The van der Waals surface area contributed by atoms with E-state index in [1.54, 1.807) is 23.1 Å². The van der Waals surface area contributed by atoms with E-state index in [2.05, 4.69) is 10.3 Å². The predicted molar refractivity (Wildman–Crippen MR) is 140 cm³/mol. The molecule has 10 nitrogen and oxygen atoms in total. The highest BCUT2D eigenvalue weighted by atomic mass is 19.1. The van der Waals surface area contributed by atoms with Crippen LogP contribution >= 0.6 is 0 Å². The number of halogens is 1. The van der Waals surface area contributed by atoms with Crippen LogP contribution in [0, 0.1) is 11.7 Å². The molecule has 0 saturated carbocycles. The molecule has 4 rings (SSSR count). The third kappa shape index (κ3) is 6.15. The topological polar surface area (TPSA) is 136 Å². The van der Waals surface area contributed by atoms with Crippen LogP contribution in [0.2, 0.25) is 0 Å².